The molecule has 1 aromatic rings. The van der Waals surface area contributed by atoms with Crippen molar-refractivity contribution in [2.75, 3.05) is 11.1 Å². The van der Waals surface area contributed by atoms with Crippen molar-refractivity contribution in [2.45, 2.75) is 19.9 Å². The van der Waals surface area contributed by atoms with Crippen LogP contribution in [0.15, 0.2) is 18.2 Å². The van der Waals surface area contributed by atoms with E-state index in [2.05, 4.69) is 10.6 Å². The smallest absolute Gasteiger partial charge is 0.337 e. The van der Waals surface area contributed by atoms with Crippen LogP contribution < -0.4 is 16.4 Å². The average molecular weight is 237 g/mol. The summed E-state index contributed by atoms with van der Waals surface area (Å²) in [6.07, 6.45) is 0. The van der Waals surface area contributed by atoms with Crippen LogP contribution in [0.1, 0.15) is 24.2 Å². The number of rotatable bonds is 3. The van der Waals surface area contributed by atoms with Gasteiger partial charge in [0.25, 0.3) is 0 Å². The summed E-state index contributed by atoms with van der Waals surface area (Å²) in [5.41, 5.74) is 6.10. The number of carboxylic acid groups (broad SMARTS) is 1. The number of carbonyl (C=O) groups is 2. The zero-order chi connectivity index (χ0) is 13.0. The minimum Gasteiger partial charge on any atom is -0.478 e. The topological polar surface area (TPSA) is 104 Å². The van der Waals surface area contributed by atoms with Crippen LogP contribution in [0.5, 0.6) is 0 Å². The van der Waals surface area contributed by atoms with Gasteiger partial charge in [-0.05, 0) is 32.0 Å². The van der Waals surface area contributed by atoms with Gasteiger partial charge < -0.3 is 21.5 Å². The third-order valence-corrected chi connectivity index (χ3v) is 1.94. The minimum absolute atomic E-state index is 0.00175. The van der Waals surface area contributed by atoms with E-state index in [1.807, 2.05) is 0 Å². The average Bonchev–Trinajstić information content (AvgIpc) is 2.15. The van der Waals surface area contributed by atoms with Crippen molar-refractivity contribution in [1.82, 2.24) is 5.32 Å². The molecule has 0 aliphatic heterocycles. The summed E-state index contributed by atoms with van der Waals surface area (Å²) in [5.74, 6) is -1.12. The molecule has 2 amide bonds. The number of carboxylic acids is 1. The molecule has 0 saturated heterocycles. The van der Waals surface area contributed by atoms with E-state index < -0.39 is 12.0 Å². The van der Waals surface area contributed by atoms with E-state index in [0.29, 0.717) is 5.69 Å². The Hall–Kier alpha value is -2.24. The maximum absolute atomic E-state index is 11.5. The lowest BCUT2D eigenvalue weighted by Gasteiger charge is -2.12. The summed E-state index contributed by atoms with van der Waals surface area (Å²) in [6, 6.07) is 3.72. The van der Waals surface area contributed by atoms with Crippen molar-refractivity contribution in [3.63, 3.8) is 0 Å². The highest BCUT2D eigenvalue weighted by Gasteiger charge is 2.12. The molecule has 6 nitrogen and oxygen atoms in total. The number of benzene rings is 1. The van der Waals surface area contributed by atoms with Crippen molar-refractivity contribution < 1.29 is 14.7 Å². The lowest BCUT2D eigenvalue weighted by atomic mass is 10.1. The van der Waals surface area contributed by atoms with Crippen LogP contribution in [-0.4, -0.2) is 23.1 Å². The van der Waals surface area contributed by atoms with E-state index in [4.69, 9.17) is 10.8 Å². The molecule has 0 bridgehead atoms. The van der Waals surface area contributed by atoms with E-state index in [0.717, 1.165) is 0 Å². The first-order chi connectivity index (χ1) is 7.90. The van der Waals surface area contributed by atoms with Gasteiger partial charge in [-0.25, -0.2) is 9.59 Å². The van der Waals surface area contributed by atoms with Gasteiger partial charge in [0.1, 0.15) is 0 Å². The Morgan fingerprint density at radius 1 is 1.35 bits per heavy atom. The number of nitrogen functional groups attached to an aromatic ring is 1. The van der Waals surface area contributed by atoms with Crippen molar-refractivity contribution in [1.29, 1.82) is 0 Å². The molecule has 92 valence electrons. The maximum Gasteiger partial charge on any atom is 0.337 e. The molecule has 0 atom stereocenters. The fraction of sp³-hybridized carbons (Fsp3) is 0.273. The van der Waals surface area contributed by atoms with Crippen LogP contribution in [0.25, 0.3) is 0 Å². The van der Waals surface area contributed by atoms with Gasteiger partial charge >= 0.3 is 12.0 Å². The van der Waals surface area contributed by atoms with Crippen molar-refractivity contribution in [3.8, 4) is 0 Å². The molecule has 0 saturated carbocycles. The van der Waals surface area contributed by atoms with Crippen LogP contribution in [0.3, 0.4) is 0 Å². The fourth-order valence-corrected chi connectivity index (χ4v) is 1.27. The number of anilines is 2. The van der Waals surface area contributed by atoms with Crippen LogP contribution in [-0.2, 0) is 0 Å². The van der Waals surface area contributed by atoms with Gasteiger partial charge in [-0.15, -0.1) is 0 Å². The number of aromatic carboxylic acids is 1. The Kier molecular flexibility index (Phi) is 3.92. The highest BCUT2D eigenvalue weighted by molar-refractivity contribution is 6.00. The Labute approximate surface area is 98.8 Å². The summed E-state index contributed by atoms with van der Waals surface area (Å²) in [4.78, 5) is 22.4. The quantitative estimate of drug-likeness (QED) is 0.598. The lowest BCUT2D eigenvalue weighted by Crippen LogP contribution is -2.34. The predicted molar refractivity (Wildman–Crippen MR) is 65.1 cm³/mol. The zero-order valence-corrected chi connectivity index (χ0v) is 9.65. The molecule has 0 heterocycles. The molecule has 0 fully saturated rings. The van der Waals surface area contributed by atoms with Crippen LogP contribution in [0, 0.1) is 0 Å². The lowest BCUT2D eigenvalue weighted by molar-refractivity contribution is 0.0698. The molecule has 5 N–H and O–H groups in total. The number of hydrogen-bond donors (Lipinski definition) is 4. The largest absolute Gasteiger partial charge is 0.478 e. The summed E-state index contributed by atoms with van der Waals surface area (Å²) >= 11 is 0. The van der Waals surface area contributed by atoms with E-state index in [1.165, 1.54) is 18.2 Å². The van der Waals surface area contributed by atoms with Gasteiger partial charge in [-0.1, -0.05) is 0 Å². The first-order valence-corrected chi connectivity index (χ1v) is 5.10. The molecule has 17 heavy (non-hydrogen) atoms. The summed E-state index contributed by atoms with van der Waals surface area (Å²) in [6.45, 7) is 3.61. The molecular formula is C11H15N3O3. The molecule has 0 unspecified atom stereocenters. The number of urea groups is 1. The second kappa shape index (κ2) is 5.20. The predicted octanol–water partition coefficient (Wildman–Crippen LogP) is 1.50. The SMILES string of the molecule is CC(C)NC(=O)Nc1cc(N)ccc1C(=O)O. The molecule has 1 aromatic carbocycles. The number of amides is 2. The maximum atomic E-state index is 11.5. The van der Waals surface area contributed by atoms with Gasteiger partial charge in [-0.3, -0.25) is 0 Å². The van der Waals surface area contributed by atoms with E-state index in [-0.39, 0.29) is 17.3 Å². The standard InChI is InChI=1S/C11H15N3O3/c1-6(2)13-11(17)14-9-5-7(12)3-4-8(9)10(15)16/h3-6H,12H2,1-2H3,(H,15,16)(H2,13,14,17). The van der Waals surface area contributed by atoms with Crippen molar-refractivity contribution in [2.24, 2.45) is 0 Å². The third kappa shape index (κ3) is 3.67. The molecular weight excluding hydrogens is 222 g/mol. The van der Waals surface area contributed by atoms with E-state index in [9.17, 15) is 9.59 Å². The van der Waals surface area contributed by atoms with Crippen LogP contribution in [0.4, 0.5) is 16.2 Å². The van der Waals surface area contributed by atoms with Crippen LogP contribution in [0.2, 0.25) is 0 Å². The normalized spacial score (nSPS) is 10.1. The van der Waals surface area contributed by atoms with Crippen molar-refractivity contribution >= 4 is 23.4 Å². The van der Waals surface area contributed by atoms with Gasteiger partial charge in [0, 0.05) is 11.7 Å². The molecule has 0 spiro atoms. The van der Waals surface area contributed by atoms with Gasteiger partial charge in [-0.2, -0.15) is 0 Å². The molecule has 6 heteroatoms. The Balaban J connectivity index is 2.92. The Morgan fingerprint density at radius 3 is 2.53 bits per heavy atom. The molecule has 0 aliphatic carbocycles. The second-order valence-electron chi connectivity index (χ2n) is 3.86. The van der Waals surface area contributed by atoms with Crippen LogP contribution >= 0.6 is 0 Å². The zero-order valence-electron chi connectivity index (χ0n) is 9.65. The highest BCUT2D eigenvalue weighted by atomic mass is 16.4. The van der Waals surface area contributed by atoms with Gasteiger partial charge in [0.05, 0.1) is 11.3 Å². The molecule has 0 aromatic heterocycles. The minimum atomic E-state index is -1.12. The summed E-state index contributed by atoms with van der Waals surface area (Å²) in [5, 5.41) is 14.0. The molecule has 0 radical (unpaired) electrons. The number of hydrogen-bond acceptors (Lipinski definition) is 3. The summed E-state index contributed by atoms with van der Waals surface area (Å²) < 4.78 is 0. The number of nitrogens with one attached hydrogen (secondary N) is 2. The van der Waals surface area contributed by atoms with Gasteiger partial charge in [0.15, 0.2) is 0 Å². The first-order valence-electron chi connectivity index (χ1n) is 5.10. The first kappa shape index (κ1) is 12.8. The molecule has 0 aliphatic rings. The molecule has 1 rings (SSSR count). The Bertz CT molecular complexity index is 444. The Morgan fingerprint density at radius 2 is 2.00 bits per heavy atom. The van der Waals surface area contributed by atoms with Gasteiger partial charge in [0.2, 0.25) is 0 Å². The fourth-order valence-electron chi connectivity index (χ4n) is 1.27. The third-order valence-electron chi connectivity index (χ3n) is 1.94. The number of nitrogens with two attached hydrogens (primary N) is 1. The highest BCUT2D eigenvalue weighted by Crippen LogP contribution is 2.19. The van der Waals surface area contributed by atoms with E-state index in [1.54, 1.807) is 13.8 Å². The monoisotopic (exact) mass is 237 g/mol. The second-order valence-corrected chi connectivity index (χ2v) is 3.86. The number of carbonyl (C=O) groups excluding carboxylic acids is 1. The van der Waals surface area contributed by atoms with E-state index >= 15 is 0 Å². The van der Waals surface area contributed by atoms with Crippen molar-refractivity contribution in [3.05, 3.63) is 23.8 Å². The summed E-state index contributed by atoms with van der Waals surface area (Å²) in [7, 11) is 0.